The lowest BCUT2D eigenvalue weighted by atomic mass is 9.98. The molecule has 1 aliphatic rings. The second kappa shape index (κ2) is 8.42. The molecule has 0 bridgehead atoms. The molecule has 1 fully saturated rings. The first kappa shape index (κ1) is 22.1. The predicted octanol–water partition coefficient (Wildman–Crippen LogP) is 4.51. The van der Waals surface area contributed by atoms with E-state index in [1.807, 2.05) is 0 Å². The molecule has 170 valence electrons. The molecule has 3 aromatic rings. The lowest BCUT2D eigenvalue weighted by molar-refractivity contribution is -0.132. The number of rotatable bonds is 5. The summed E-state index contributed by atoms with van der Waals surface area (Å²) in [6, 6.07) is 9.09. The number of halogens is 2. The molecule has 33 heavy (non-hydrogen) atoms. The fourth-order valence-electron chi connectivity index (χ4n) is 3.85. The van der Waals surface area contributed by atoms with Crippen LogP contribution in [0.3, 0.4) is 0 Å². The number of amides is 1. The highest BCUT2D eigenvalue weighted by molar-refractivity contribution is 6.51. The first-order valence-corrected chi connectivity index (χ1v) is 9.82. The van der Waals surface area contributed by atoms with Gasteiger partial charge in [0.25, 0.3) is 11.7 Å². The van der Waals surface area contributed by atoms with Crippen molar-refractivity contribution in [1.29, 1.82) is 0 Å². The SMILES string of the molecule is COc1cccc(OC)c1/C(O)=C1\C(=O)C(=O)N(c2ccc(F)cc2F)C1c1ccc(C)o1. The van der Waals surface area contributed by atoms with Crippen LogP contribution in [0.5, 0.6) is 11.5 Å². The zero-order chi connectivity index (χ0) is 23.9. The van der Waals surface area contributed by atoms with E-state index >= 15 is 0 Å². The molecule has 1 unspecified atom stereocenters. The normalized spacial score (nSPS) is 17.5. The molecule has 1 aliphatic heterocycles. The van der Waals surface area contributed by atoms with Crippen LogP contribution in [0.4, 0.5) is 14.5 Å². The highest BCUT2D eigenvalue weighted by Gasteiger charge is 2.49. The molecular formula is C24H19F2NO6. The summed E-state index contributed by atoms with van der Waals surface area (Å²) in [6.07, 6.45) is 0. The maximum absolute atomic E-state index is 14.7. The Morgan fingerprint density at radius 1 is 1.03 bits per heavy atom. The van der Waals surface area contributed by atoms with Crippen molar-refractivity contribution >= 4 is 23.1 Å². The number of hydrogen-bond donors (Lipinski definition) is 1. The van der Waals surface area contributed by atoms with E-state index in [1.165, 1.54) is 20.3 Å². The van der Waals surface area contributed by atoms with Crippen LogP contribution < -0.4 is 14.4 Å². The van der Waals surface area contributed by atoms with E-state index in [0.29, 0.717) is 11.8 Å². The number of furan rings is 1. The van der Waals surface area contributed by atoms with E-state index in [1.54, 1.807) is 31.2 Å². The number of aryl methyl sites for hydroxylation is 1. The van der Waals surface area contributed by atoms with Gasteiger partial charge in [0.2, 0.25) is 0 Å². The molecule has 9 heteroatoms. The number of carbonyl (C=O) groups excluding carboxylic acids is 2. The standard InChI is InChI=1S/C24H19F2NO6/c1-12-7-10-18(33-12)21-20(22(28)19-16(31-2)5-4-6-17(19)32-3)23(29)24(30)27(21)15-9-8-13(25)11-14(15)26/h4-11,21,28H,1-3H3/b22-20+. The number of ether oxygens (including phenoxy) is 2. The summed E-state index contributed by atoms with van der Waals surface area (Å²) in [5.74, 6) is -3.77. The minimum absolute atomic E-state index is 0.0355. The average Bonchev–Trinajstić information content (AvgIpc) is 3.34. The number of benzene rings is 2. The molecule has 0 spiro atoms. The largest absolute Gasteiger partial charge is 0.506 e. The van der Waals surface area contributed by atoms with E-state index in [0.717, 1.165) is 17.0 Å². The van der Waals surface area contributed by atoms with Gasteiger partial charge in [-0.15, -0.1) is 0 Å². The third-order valence-corrected chi connectivity index (χ3v) is 5.31. The summed E-state index contributed by atoms with van der Waals surface area (Å²) >= 11 is 0. The molecule has 1 saturated heterocycles. The van der Waals surface area contributed by atoms with E-state index in [2.05, 4.69) is 0 Å². The van der Waals surface area contributed by atoms with Crippen molar-refractivity contribution < 1.29 is 37.4 Å². The Bertz CT molecular complexity index is 1270. The molecule has 1 N–H and O–H groups in total. The van der Waals surface area contributed by atoms with Crippen molar-refractivity contribution in [2.75, 3.05) is 19.1 Å². The Hall–Kier alpha value is -4.14. The van der Waals surface area contributed by atoms with Crippen LogP contribution in [-0.4, -0.2) is 31.0 Å². The summed E-state index contributed by atoms with van der Waals surface area (Å²) in [7, 11) is 2.73. The topological polar surface area (TPSA) is 89.2 Å². The van der Waals surface area contributed by atoms with Crippen molar-refractivity contribution in [3.8, 4) is 11.5 Å². The molecule has 2 aromatic carbocycles. The quantitative estimate of drug-likeness (QED) is 0.346. The molecule has 0 aliphatic carbocycles. The van der Waals surface area contributed by atoms with Crippen molar-refractivity contribution in [2.45, 2.75) is 13.0 Å². The third-order valence-electron chi connectivity index (χ3n) is 5.31. The summed E-state index contributed by atoms with van der Waals surface area (Å²) in [6.45, 7) is 1.65. The second-order valence-electron chi connectivity index (χ2n) is 7.25. The highest BCUT2D eigenvalue weighted by atomic mass is 19.1. The van der Waals surface area contributed by atoms with Gasteiger partial charge in [-0.25, -0.2) is 8.78 Å². The van der Waals surface area contributed by atoms with Gasteiger partial charge in [0.05, 0.1) is 25.5 Å². The summed E-state index contributed by atoms with van der Waals surface area (Å²) in [5.41, 5.74) is -0.669. The van der Waals surface area contributed by atoms with E-state index in [9.17, 15) is 23.5 Å². The number of aliphatic hydroxyl groups is 1. The Labute approximate surface area is 187 Å². The number of aliphatic hydroxyl groups excluding tert-OH is 1. The number of nitrogens with zero attached hydrogens (tertiary/aromatic N) is 1. The predicted molar refractivity (Wildman–Crippen MR) is 114 cm³/mol. The van der Waals surface area contributed by atoms with Gasteiger partial charge < -0.3 is 19.0 Å². The number of hydrogen-bond acceptors (Lipinski definition) is 6. The second-order valence-corrected chi connectivity index (χ2v) is 7.25. The molecular weight excluding hydrogens is 436 g/mol. The highest BCUT2D eigenvalue weighted by Crippen LogP contribution is 2.45. The Morgan fingerprint density at radius 3 is 2.24 bits per heavy atom. The van der Waals surface area contributed by atoms with Crippen molar-refractivity contribution in [2.24, 2.45) is 0 Å². The van der Waals surface area contributed by atoms with Gasteiger partial charge in [0, 0.05) is 6.07 Å². The van der Waals surface area contributed by atoms with Gasteiger partial charge in [-0.1, -0.05) is 6.07 Å². The van der Waals surface area contributed by atoms with Crippen LogP contribution in [0.2, 0.25) is 0 Å². The van der Waals surface area contributed by atoms with Gasteiger partial charge in [-0.2, -0.15) is 0 Å². The van der Waals surface area contributed by atoms with E-state index in [-0.39, 0.29) is 34.1 Å². The molecule has 1 amide bonds. The summed E-state index contributed by atoms with van der Waals surface area (Å²) in [4.78, 5) is 27.0. The Kier molecular flexibility index (Phi) is 5.63. The van der Waals surface area contributed by atoms with Gasteiger partial charge >= 0.3 is 0 Å². The Morgan fingerprint density at radius 2 is 1.70 bits per heavy atom. The smallest absolute Gasteiger partial charge is 0.300 e. The van der Waals surface area contributed by atoms with Crippen LogP contribution in [0.25, 0.3) is 5.76 Å². The van der Waals surface area contributed by atoms with E-state index in [4.69, 9.17) is 13.9 Å². The maximum Gasteiger partial charge on any atom is 0.300 e. The molecule has 2 heterocycles. The zero-order valence-electron chi connectivity index (χ0n) is 17.9. The number of methoxy groups -OCH3 is 2. The van der Waals surface area contributed by atoms with Gasteiger partial charge in [0.15, 0.2) is 0 Å². The van der Waals surface area contributed by atoms with Crippen molar-refractivity contribution in [3.63, 3.8) is 0 Å². The Balaban J connectivity index is 2.02. The van der Waals surface area contributed by atoms with Crippen LogP contribution in [0.15, 0.2) is 58.5 Å². The van der Waals surface area contributed by atoms with Gasteiger partial charge in [-0.3, -0.25) is 14.5 Å². The van der Waals surface area contributed by atoms with Crippen LogP contribution in [0.1, 0.15) is 23.1 Å². The molecule has 0 radical (unpaired) electrons. The molecule has 0 saturated carbocycles. The fraction of sp³-hybridized carbons (Fsp3) is 0.167. The number of ketones is 1. The lowest BCUT2D eigenvalue weighted by Crippen LogP contribution is -2.30. The summed E-state index contributed by atoms with van der Waals surface area (Å²) in [5, 5.41) is 11.3. The van der Waals surface area contributed by atoms with Crippen LogP contribution in [0, 0.1) is 18.6 Å². The molecule has 1 atom stereocenters. The zero-order valence-corrected chi connectivity index (χ0v) is 17.9. The molecule has 4 rings (SSSR count). The number of carbonyl (C=O) groups is 2. The number of anilines is 1. The maximum atomic E-state index is 14.7. The third kappa shape index (κ3) is 3.61. The minimum Gasteiger partial charge on any atom is -0.506 e. The molecule has 7 nitrogen and oxygen atoms in total. The first-order valence-electron chi connectivity index (χ1n) is 9.82. The van der Waals surface area contributed by atoms with Crippen LogP contribution in [-0.2, 0) is 9.59 Å². The summed E-state index contributed by atoms with van der Waals surface area (Å²) < 4.78 is 44.5. The van der Waals surface area contributed by atoms with Gasteiger partial charge in [-0.05, 0) is 43.3 Å². The fourth-order valence-corrected chi connectivity index (χ4v) is 3.85. The van der Waals surface area contributed by atoms with E-state index < -0.39 is 35.1 Å². The molecule has 1 aromatic heterocycles. The number of Topliss-reactive ketones (excluding diaryl/α,β-unsaturated/α-hetero) is 1. The monoisotopic (exact) mass is 455 g/mol. The minimum atomic E-state index is -1.33. The lowest BCUT2D eigenvalue weighted by Gasteiger charge is -2.24. The van der Waals surface area contributed by atoms with Crippen molar-refractivity contribution in [3.05, 3.63) is 82.8 Å². The van der Waals surface area contributed by atoms with Crippen LogP contribution >= 0.6 is 0 Å². The average molecular weight is 455 g/mol. The first-order chi connectivity index (χ1) is 15.8. The van der Waals surface area contributed by atoms with Gasteiger partial charge in [0.1, 0.15) is 52.0 Å². The van der Waals surface area contributed by atoms with Crippen molar-refractivity contribution in [1.82, 2.24) is 0 Å².